The van der Waals surface area contributed by atoms with Gasteiger partial charge in [-0.2, -0.15) is 5.26 Å². The first-order chi connectivity index (χ1) is 8.79. The number of halogens is 1. The minimum atomic E-state index is 0.564. The Morgan fingerprint density at radius 1 is 1.11 bits per heavy atom. The summed E-state index contributed by atoms with van der Waals surface area (Å²) >= 11 is 5.83. The zero-order valence-corrected chi connectivity index (χ0v) is 10.4. The first-order valence-corrected chi connectivity index (χ1v) is 5.85. The SMILES string of the molecule is N#Cc1cc(Cl)ccc1C=CNc1ccccc1. The van der Waals surface area contributed by atoms with Crippen LogP contribution in [0.25, 0.3) is 6.08 Å². The molecule has 18 heavy (non-hydrogen) atoms. The monoisotopic (exact) mass is 254 g/mol. The van der Waals surface area contributed by atoms with Crippen LogP contribution in [0.1, 0.15) is 11.1 Å². The van der Waals surface area contributed by atoms with Gasteiger partial charge in [0.1, 0.15) is 0 Å². The van der Waals surface area contributed by atoms with Crippen molar-refractivity contribution in [2.75, 3.05) is 5.32 Å². The average molecular weight is 255 g/mol. The summed E-state index contributed by atoms with van der Waals surface area (Å²) in [4.78, 5) is 0. The van der Waals surface area contributed by atoms with E-state index < -0.39 is 0 Å². The van der Waals surface area contributed by atoms with E-state index in [0.717, 1.165) is 11.3 Å². The Balaban J connectivity index is 2.13. The highest BCUT2D eigenvalue weighted by atomic mass is 35.5. The molecule has 88 valence electrons. The molecule has 0 atom stereocenters. The van der Waals surface area contributed by atoms with Crippen molar-refractivity contribution in [3.8, 4) is 6.07 Å². The fourth-order valence-electron chi connectivity index (χ4n) is 1.53. The maximum absolute atomic E-state index is 9.00. The maximum atomic E-state index is 9.00. The van der Waals surface area contributed by atoms with Gasteiger partial charge in [-0.05, 0) is 35.9 Å². The van der Waals surface area contributed by atoms with Crippen LogP contribution in [0.4, 0.5) is 5.69 Å². The molecule has 0 aliphatic carbocycles. The normalized spacial score (nSPS) is 10.2. The van der Waals surface area contributed by atoms with Crippen LogP contribution in [0.5, 0.6) is 0 Å². The molecule has 0 aromatic heterocycles. The number of hydrogen-bond donors (Lipinski definition) is 1. The quantitative estimate of drug-likeness (QED) is 0.887. The second kappa shape index (κ2) is 5.90. The number of benzene rings is 2. The molecule has 0 aliphatic rings. The zero-order chi connectivity index (χ0) is 12.8. The van der Waals surface area contributed by atoms with E-state index in [1.54, 1.807) is 18.3 Å². The van der Waals surface area contributed by atoms with Crippen LogP contribution in [-0.2, 0) is 0 Å². The van der Waals surface area contributed by atoms with Crippen LogP contribution in [-0.4, -0.2) is 0 Å². The molecule has 3 heteroatoms. The second-order valence-corrected chi connectivity index (χ2v) is 4.12. The van der Waals surface area contributed by atoms with Crippen molar-refractivity contribution in [2.45, 2.75) is 0 Å². The fourth-order valence-corrected chi connectivity index (χ4v) is 1.70. The molecule has 0 radical (unpaired) electrons. The smallest absolute Gasteiger partial charge is 0.0998 e. The summed E-state index contributed by atoms with van der Waals surface area (Å²) in [5, 5.41) is 12.7. The first kappa shape index (κ1) is 12.2. The van der Waals surface area contributed by atoms with Gasteiger partial charge in [-0.1, -0.05) is 35.9 Å². The fraction of sp³-hybridized carbons (Fsp3) is 0. The minimum Gasteiger partial charge on any atom is -0.362 e. The Morgan fingerprint density at radius 3 is 2.61 bits per heavy atom. The van der Waals surface area contributed by atoms with Crippen LogP contribution in [0.3, 0.4) is 0 Å². The molecule has 0 heterocycles. The van der Waals surface area contributed by atoms with Crippen molar-refractivity contribution < 1.29 is 0 Å². The first-order valence-electron chi connectivity index (χ1n) is 5.47. The minimum absolute atomic E-state index is 0.564. The molecular weight excluding hydrogens is 244 g/mol. The van der Waals surface area contributed by atoms with Gasteiger partial charge in [0.05, 0.1) is 11.6 Å². The number of hydrogen-bond acceptors (Lipinski definition) is 2. The molecule has 2 aromatic rings. The van der Waals surface area contributed by atoms with Gasteiger partial charge in [-0.25, -0.2) is 0 Å². The molecule has 0 unspecified atom stereocenters. The molecule has 2 rings (SSSR count). The van der Waals surface area contributed by atoms with E-state index in [1.807, 2.05) is 42.5 Å². The molecule has 0 aliphatic heterocycles. The summed E-state index contributed by atoms with van der Waals surface area (Å²) in [6.45, 7) is 0. The van der Waals surface area contributed by atoms with Crippen molar-refractivity contribution >= 4 is 23.4 Å². The van der Waals surface area contributed by atoms with Gasteiger partial charge in [0, 0.05) is 16.9 Å². The lowest BCUT2D eigenvalue weighted by molar-refractivity contribution is 1.47. The molecule has 0 spiro atoms. The van der Waals surface area contributed by atoms with Crippen molar-refractivity contribution in [1.82, 2.24) is 0 Å². The van der Waals surface area contributed by atoms with Crippen molar-refractivity contribution in [1.29, 1.82) is 5.26 Å². The summed E-state index contributed by atoms with van der Waals surface area (Å²) in [7, 11) is 0. The van der Waals surface area contributed by atoms with Crippen LogP contribution in [0.2, 0.25) is 5.02 Å². The van der Waals surface area contributed by atoms with Crippen molar-refractivity contribution in [2.24, 2.45) is 0 Å². The third-order valence-electron chi connectivity index (χ3n) is 2.42. The lowest BCUT2D eigenvalue weighted by Gasteiger charge is -2.01. The summed E-state index contributed by atoms with van der Waals surface area (Å²) in [6, 6.07) is 17.2. The lowest BCUT2D eigenvalue weighted by atomic mass is 10.1. The average Bonchev–Trinajstić information content (AvgIpc) is 2.41. The van der Waals surface area contributed by atoms with Gasteiger partial charge >= 0.3 is 0 Å². The van der Waals surface area contributed by atoms with Crippen molar-refractivity contribution in [3.05, 3.63) is 70.9 Å². The Labute approximate surface area is 111 Å². The van der Waals surface area contributed by atoms with Gasteiger partial charge in [-0.15, -0.1) is 0 Å². The molecule has 0 saturated heterocycles. The molecule has 1 N–H and O–H groups in total. The van der Waals surface area contributed by atoms with E-state index in [4.69, 9.17) is 16.9 Å². The van der Waals surface area contributed by atoms with E-state index in [9.17, 15) is 0 Å². The van der Waals surface area contributed by atoms with Gasteiger partial charge in [0.25, 0.3) is 0 Å². The summed E-state index contributed by atoms with van der Waals surface area (Å²) in [5.74, 6) is 0. The molecule has 0 saturated carbocycles. The predicted octanol–water partition coefficient (Wildman–Crippen LogP) is 4.29. The topological polar surface area (TPSA) is 35.8 Å². The molecule has 0 amide bonds. The van der Waals surface area contributed by atoms with Crippen LogP contribution in [0, 0.1) is 11.3 Å². The molecular formula is C15H11ClN2. The highest BCUT2D eigenvalue weighted by Gasteiger charge is 1.98. The summed E-state index contributed by atoms with van der Waals surface area (Å²) in [5.41, 5.74) is 2.40. The second-order valence-electron chi connectivity index (χ2n) is 3.69. The molecule has 2 nitrogen and oxygen atoms in total. The maximum Gasteiger partial charge on any atom is 0.0998 e. The highest BCUT2D eigenvalue weighted by Crippen LogP contribution is 2.16. The molecule has 0 bridgehead atoms. The van der Waals surface area contributed by atoms with E-state index in [-0.39, 0.29) is 0 Å². The Hall–Kier alpha value is -2.24. The number of nitriles is 1. The predicted molar refractivity (Wildman–Crippen MR) is 75.3 cm³/mol. The highest BCUT2D eigenvalue weighted by molar-refractivity contribution is 6.30. The molecule has 2 aromatic carbocycles. The van der Waals surface area contributed by atoms with Gasteiger partial charge in [0.2, 0.25) is 0 Å². The third kappa shape index (κ3) is 3.13. The van der Waals surface area contributed by atoms with E-state index >= 15 is 0 Å². The van der Waals surface area contributed by atoms with Gasteiger partial charge in [-0.3, -0.25) is 0 Å². The number of rotatable bonds is 3. The van der Waals surface area contributed by atoms with Gasteiger partial charge in [0.15, 0.2) is 0 Å². The number of nitrogens with one attached hydrogen (secondary N) is 1. The number of anilines is 1. The Bertz CT molecular complexity index is 598. The number of nitrogens with zero attached hydrogens (tertiary/aromatic N) is 1. The summed E-state index contributed by atoms with van der Waals surface area (Å²) in [6.07, 6.45) is 3.65. The number of para-hydroxylation sites is 1. The van der Waals surface area contributed by atoms with Crippen LogP contribution >= 0.6 is 11.6 Å². The van der Waals surface area contributed by atoms with Crippen LogP contribution in [0.15, 0.2) is 54.7 Å². The standard InChI is InChI=1S/C15H11ClN2/c16-14-7-6-12(13(10-14)11-17)8-9-18-15-4-2-1-3-5-15/h1-10,18H. The largest absolute Gasteiger partial charge is 0.362 e. The van der Waals surface area contributed by atoms with Gasteiger partial charge < -0.3 is 5.32 Å². The summed E-state index contributed by atoms with van der Waals surface area (Å²) < 4.78 is 0. The Morgan fingerprint density at radius 2 is 1.89 bits per heavy atom. The van der Waals surface area contributed by atoms with Crippen molar-refractivity contribution in [3.63, 3.8) is 0 Å². The Kier molecular flexibility index (Phi) is 4.01. The lowest BCUT2D eigenvalue weighted by Crippen LogP contribution is -1.87. The zero-order valence-electron chi connectivity index (χ0n) is 9.60. The van der Waals surface area contributed by atoms with E-state index in [2.05, 4.69) is 11.4 Å². The third-order valence-corrected chi connectivity index (χ3v) is 2.66. The van der Waals surface area contributed by atoms with Crippen LogP contribution < -0.4 is 5.32 Å². The van der Waals surface area contributed by atoms with E-state index in [0.29, 0.717) is 10.6 Å². The molecule has 0 fully saturated rings. The van der Waals surface area contributed by atoms with E-state index in [1.165, 1.54) is 0 Å².